The molecule has 1 saturated carbocycles. The van der Waals surface area contributed by atoms with Gasteiger partial charge in [0.1, 0.15) is 11.6 Å². The van der Waals surface area contributed by atoms with E-state index < -0.39 is 0 Å². The van der Waals surface area contributed by atoms with E-state index in [1.807, 2.05) is 36.5 Å². The van der Waals surface area contributed by atoms with Crippen LogP contribution >= 0.6 is 11.6 Å². The van der Waals surface area contributed by atoms with Crippen LogP contribution in [0, 0.1) is 17.7 Å². The number of nitrogens with zero attached hydrogens (tertiary/aromatic N) is 1. The number of carbonyl (C=O) groups is 1. The fourth-order valence-corrected chi connectivity index (χ4v) is 5.46. The van der Waals surface area contributed by atoms with Gasteiger partial charge in [-0.3, -0.25) is 9.78 Å². The van der Waals surface area contributed by atoms with Crippen molar-refractivity contribution in [1.29, 1.82) is 0 Å². The Bertz CT molecular complexity index is 1140. The lowest BCUT2D eigenvalue weighted by atomic mass is 9.91. The highest BCUT2D eigenvalue weighted by Crippen LogP contribution is 2.51. The average molecular weight is 420 g/mol. The van der Waals surface area contributed by atoms with Crippen LogP contribution in [0.15, 0.2) is 66.4 Å². The summed E-state index contributed by atoms with van der Waals surface area (Å²) in [5, 5.41) is 1.63. The van der Waals surface area contributed by atoms with E-state index in [-0.39, 0.29) is 11.6 Å². The number of hydrogen-bond acceptors (Lipinski definition) is 2. The van der Waals surface area contributed by atoms with Gasteiger partial charge >= 0.3 is 0 Å². The van der Waals surface area contributed by atoms with Gasteiger partial charge in [0, 0.05) is 29.4 Å². The van der Waals surface area contributed by atoms with Crippen molar-refractivity contribution in [2.24, 2.45) is 11.8 Å². The summed E-state index contributed by atoms with van der Waals surface area (Å²) >= 11 is 5.92. The van der Waals surface area contributed by atoms with Crippen LogP contribution in [0.2, 0.25) is 5.02 Å². The van der Waals surface area contributed by atoms with Crippen LogP contribution in [-0.2, 0) is 11.2 Å². The minimum Gasteiger partial charge on any atom is -0.299 e. The van der Waals surface area contributed by atoms with Gasteiger partial charge in [-0.25, -0.2) is 4.39 Å². The van der Waals surface area contributed by atoms with Crippen LogP contribution in [0.1, 0.15) is 42.7 Å². The van der Waals surface area contributed by atoms with Crippen molar-refractivity contribution in [2.45, 2.75) is 38.0 Å². The van der Waals surface area contributed by atoms with Gasteiger partial charge in [0.2, 0.25) is 0 Å². The first-order valence-electron chi connectivity index (χ1n) is 10.5. The number of halogens is 2. The molecule has 0 aliphatic heterocycles. The Balaban J connectivity index is 1.26. The monoisotopic (exact) mass is 419 g/mol. The van der Waals surface area contributed by atoms with E-state index in [1.165, 1.54) is 17.2 Å². The van der Waals surface area contributed by atoms with E-state index in [1.54, 1.807) is 12.1 Å². The van der Waals surface area contributed by atoms with Crippen molar-refractivity contribution >= 4 is 28.3 Å². The topological polar surface area (TPSA) is 30.0 Å². The number of aromatic nitrogens is 1. The van der Waals surface area contributed by atoms with Crippen molar-refractivity contribution in [1.82, 2.24) is 4.98 Å². The summed E-state index contributed by atoms with van der Waals surface area (Å²) in [5.41, 5.74) is 4.37. The standard InChI is InChI=1S/C26H23ClFNO/c27-21-3-1-16(2-4-21)11-23(30)12-17-9-18-13-20(14-19(18)10-17)24-7-8-29-26-6-5-22(28)15-25(24)26/h1-9,15,18-20H,10-14H2/t18-,19+,20+/m0/s1. The number of fused-ring (bicyclic) bond motifs is 2. The second-order valence-corrected chi connectivity index (χ2v) is 9.14. The van der Waals surface area contributed by atoms with E-state index in [4.69, 9.17) is 11.6 Å². The molecule has 152 valence electrons. The van der Waals surface area contributed by atoms with Gasteiger partial charge in [-0.1, -0.05) is 35.4 Å². The molecule has 0 amide bonds. The molecule has 0 bridgehead atoms. The number of rotatable bonds is 5. The van der Waals surface area contributed by atoms with E-state index in [9.17, 15) is 9.18 Å². The zero-order valence-corrected chi connectivity index (χ0v) is 17.4. The van der Waals surface area contributed by atoms with E-state index >= 15 is 0 Å². The molecule has 1 heterocycles. The zero-order valence-electron chi connectivity index (χ0n) is 16.7. The van der Waals surface area contributed by atoms with Crippen LogP contribution in [-0.4, -0.2) is 10.8 Å². The molecule has 0 spiro atoms. The summed E-state index contributed by atoms with van der Waals surface area (Å²) < 4.78 is 13.8. The second kappa shape index (κ2) is 7.96. The lowest BCUT2D eigenvalue weighted by molar-refractivity contribution is -0.117. The molecule has 2 nitrogen and oxygen atoms in total. The summed E-state index contributed by atoms with van der Waals surface area (Å²) in [6.07, 6.45) is 8.34. The number of Topliss-reactive ketones (excluding diaryl/α,β-unsaturated/α-hetero) is 1. The van der Waals surface area contributed by atoms with Gasteiger partial charge in [-0.05, 0) is 84.5 Å². The molecule has 30 heavy (non-hydrogen) atoms. The van der Waals surface area contributed by atoms with Gasteiger partial charge < -0.3 is 0 Å². The Kier molecular flexibility index (Phi) is 5.16. The lowest BCUT2D eigenvalue weighted by Crippen LogP contribution is -2.05. The number of carbonyl (C=O) groups excluding carboxylic acids is 1. The summed E-state index contributed by atoms with van der Waals surface area (Å²) in [4.78, 5) is 16.9. The van der Waals surface area contributed by atoms with E-state index in [0.29, 0.717) is 35.6 Å². The Labute approximate surface area is 180 Å². The normalized spacial score (nSPS) is 22.9. The Morgan fingerprint density at radius 1 is 1.07 bits per heavy atom. The molecular formula is C26H23ClFNO. The number of benzene rings is 2. The van der Waals surface area contributed by atoms with Gasteiger partial charge in [0.15, 0.2) is 0 Å². The lowest BCUT2D eigenvalue weighted by Gasteiger charge is -2.14. The smallest absolute Gasteiger partial charge is 0.141 e. The van der Waals surface area contributed by atoms with Crippen LogP contribution in [0.3, 0.4) is 0 Å². The van der Waals surface area contributed by atoms with E-state index in [2.05, 4.69) is 11.1 Å². The predicted octanol–water partition coefficient (Wildman–Crippen LogP) is 6.67. The SMILES string of the molecule is O=C(CC1=C[C@H]2C[C@@H](c3ccnc4ccc(F)cc34)C[C@H]2C1)Cc1ccc(Cl)cc1. The number of pyridine rings is 1. The molecule has 0 unspecified atom stereocenters. The Morgan fingerprint density at radius 2 is 1.90 bits per heavy atom. The van der Waals surface area contributed by atoms with Crippen LogP contribution < -0.4 is 0 Å². The molecule has 2 aliphatic carbocycles. The molecule has 5 rings (SSSR count). The van der Waals surface area contributed by atoms with Crippen molar-refractivity contribution in [3.8, 4) is 0 Å². The molecular weight excluding hydrogens is 397 g/mol. The molecule has 2 aromatic carbocycles. The van der Waals surface area contributed by atoms with Gasteiger partial charge in [-0.2, -0.15) is 0 Å². The quantitative estimate of drug-likeness (QED) is 0.432. The average Bonchev–Trinajstić information content (AvgIpc) is 3.27. The third-order valence-corrected chi connectivity index (χ3v) is 6.89. The molecule has 3 aromatic rings. The molecule has 3 atom stereocenters. The highest BCUT2D eigenvalue weighted by Gasteiger charge is 2.38. The Hall–Kier alpha value is -2.52. The molecule has 1 fully saturated rings. The van der Waals surface area contributed by atoms with Crippen molar-refractivity contribution in [2.75, 3.05) is 0 Å². The van der Waals surface area contributed by atoms with Crippen LogP contribution in [0.5, 0.6) is 0 Å². The van der Waals surface area contributed by atoms with Gasteiger partial charge in [-0.15, -0.1) is 0 Å². The van der Waals surface area contributed by atoms with Gasteiger partial charge in [0.25, 0.3) is 0 Å². The fraction of sp³-hybridized carbons (Fsp3) is 0.308. The maximum absolute atomic E-state index is 13.8. The third-order valence-electron chi connectivity index (χ3n) is 6.64. The fourth-order valence-electron chi connectivity index (χ4n) is 5.33. The van der Waals surface area contributed by atoms with E-state index in [0.717, 1.165) is 35.7 Å². The molecule has 2 aliphatic rings. The van der Waals surface area contributed by atoms with Gasteiger partial charge in [0.05, 0.1) is 5.52 Å². The maximum Gasteiger partial charge on any atom is 0.141 e. The molecule has 0 saturated heterocycles. The predicted molar refractivity (Wildman–Crippen MR) is 118 cm³/mol. The third kappa shape index (κ3) is 3.91. The highest BCUT2D eigenvalue weighted by atomic mass is 35.5. The summed E-state index contributed by atoms with van der Waals surface area (Å²) in [6, 6.07) is 14.4. The molecule has 0 N–H and O–H groups in total. The summed E-state index contributed by atoms with van der Waals surface area (Å²) in [7, 11) is 0. The summed E-state index contributed by atoms with van der Waals surface area (Å²) in [5.74, 6) is 1.58. The first-order chi connectivity index (χ1) is 14.5. The number of allylic oxidation sites excluding steroid dienone is 2. The minimum absolute atomic E-state index is 0.212. The largest absolute Gasteiger partial charge is 0.299 e. The minimum atomic E-state index is -0.212. The van der Waals surface area contributed by atoms with Crippen molar-refractivity contribution < 1.29 is 9.18 Å². The number of ketones is 1. The first kappa shape index (κ1) is 19.4. The van der Waals surface area contributed by atoms with Crippen LogP contribution in [0.4, 0.5) is 4.39 Å². The second-order valence-electron chi connectivity index (χ2n) is 8.70. The maximum atomic E-state index is 13.8. The van der Waals surface area contributed by atoms with Crippen LogP contribution in [0.25, 0.3) is 10.9 Å². The van der Waals surface area contributed by atoms with Crippen molar-refractivity contribution in [3.63, 3.8) is 0 Å². The molecule has 0 radical (unpaired) electrons. The highest BCUT2D eigenvalue weighted by molar-refractivity contribution is 6.30. The molecule has 1 aromatic heterocycles. The summed E-state index contributed by atoms with van der Waals surface area (Å²) in [6.45, 7) is 0. The molecule has 4 heteroatoms. The number of hydrogen-bond donors (Lipinski definition) is 0. The van der Waals surface area contributed by atoms with Crippen molar-refractivity contribution in [3.05, 3.63) is 88.3 Å². The Morgan fingerprint density at radius 3 is 2.70 bits per heavy atom. The first-order valence-corrected chi connectivity index (χ1v) is 10.9. The zero-order chi connectivity index (χ0) is 20.7.